The molecule has 0 aliphatic rings. The maximum absolute atomic E-state index is 10.3. The van der Waals surface area contributed by atoms with E-state index in [4.69, 9.17) is 18.9 Å². The maximum Gasteiger partial charge on any atom is 0.203 e. The van der Waals surface area contributed by atoms with Gasteiger partial charge < -0.3 is 24.3 Å². The number of benzene rings is 2. The number of methoxy groups -OCH3 is 4. The molecule has 180 valence electrons. The minimum Gasteiger partial charge on any atom is -0.497 e. The Hall–Kier alpha value is -2.91. The van der Waals surface area contributed by atoms with Gasteiger partial charge in [0, 0.05) is 0 Å². The van der Waals surface area contributed by atoms with Crippen LogP contribution in [0.15, 0.2) is 36.4 Å². The van der Waals surface area contributed by atoms with Crippen molar-refractivity contribution in [3.8, 4) is 29.1 Å². The largest absolute Gasteiger partial charge is 0.497 e. The third kappa shape index (κ3) is 6.55. The molecule has 0 amide bonds. The molecule has 0 fully saturated rings. The molecule has 2 rings (SSSR count). The first kappa shape index (κ1) is 26.3. The molecular formula is C27H38N2O4. The number of hydrogen-bond acceptors (Lipinski definition) is 6. The second-order valence-corrected chi connectivity index (χ2v) is 8.46. The predicted molar refractivity (Wildman–Crippen MR) is 132 cm³/mol. The van der Waals surface area contributed by atoms with Crippen molar-refractivity contribution in [2.24, 2.45) is 5.92 Å². The Morgan fingerprint density at radius 1 is 0.909 bits per heavy atom. The van der Waals surface area contributed by atoms with Crippen LogP contribution in [-0.4, -0.2) is 41.5 Å². The molecule has 0 heterocycles. The Balaban J connectivity index is 1.98. The molecule has 0 radical (unpaired) electrons. The zero-order chi connectivity index (χ0) is 24.3. The average Bonchev–Trinajstić information content (AvgIpc) is 2.84. The molecule has 1 unspecified atom stereocenters. The highest BCUT2D eigenvalue weighted by atomic mass is 16.5. The van der Waals surface area contributed by atoms with Crippen LogP contribution in [0.25, 0.3) is 0 Å². The first-order chi connectivity index (χ1) is 15.9. The molecule has 0 bridgehead atoms. The Morgan fingerprint density at radius 3 is 2.12 bits per heavy atom. The Bertz CT molecular complexity index is 898. The Morgan fingerprint density at radius 2 is 1.58 bits per heavy atom. The molecule has 2 aromatic carbocycles. The van der Waals surface area contributed by atoms with Gasteiger partial charge in [-0.2, -0.15) is 5.26 Å². The zero-order valence-electron chi connectivity index (χ0n) is 20.9. The van der Waals surface area contributed by atoms with Crippen molar-refractivity contribution in [3.05, 3.63) is 47.5 Å². The lowest BCUT2D eigenvalue weighted by molar-refractivity contribution is 0.316. The number of rotatable bonds is 14. The minimum atomic E-state index is -0.644. The van der Waals surface area contributed by atoms with Gasteiger partial charge in [-0.1, -0.05) is 26.0 Å². The van der Waals surface area contributed by atoms with Gasteiger partial charge in [-0.05, 0) is 80.1 Å². The molecule has 0 aromatic heterocycles. The lowest BCUT2D eigenvalue weighted by Crippen LogP contribution is -2.32. The van der Waals surface area contributed by atoms with Gasteiger partial charge in [-0.15, -0.1) is 0 Å². The highest BCUT2D eigenvalue weighted by molar-refractivity contribution is 5.56. The monoisotopic (exact) mass is 454 g/mol. The van der Waals surface area contributed by atoms with Crippen molar-refractivity contribution in [2.45, 2.75) is 44.9 Å². The SMILES string of the molecule is COc1cccc(CCCNCCCC(C#N)(c2cc(OC)c(OC)c(OC)c2)C(C)C)c1. The molecule has 0 spiro atoms. The average molecular weight is 455 g/mol. The second kappa shape index (κ2) is 13.0. The second-order valence-electron chi connectivity index (χ2n) is 8.46. The first-order valence-electron chi connectivity index (χ1n) is 11.5. The highest BCUT2D eigenvalue weighted by Gasteiger charge is 2.37. The van der Waals surface area contributed by atoms with Crippen LogP contribution in [0, 0.1) is 17.2 Å². The summed E-state index contributed by atoms with van der Waals surface area (Å²) in [5.74, 6) is 2.70. The predicted octanol–water partition coefficient (Wildman–Crippen LogP) is 5.14. The van der Waals surface area contributed by atoms with E-state index in [1.54, 1.807) is 28.4 Å². The molecule has 0 aliphatic carbocycles. The van der Waals surface area contributed by atoms with Gasteiger partial charge in [0.25, 0.3) is 0 Å². The van der Waals surface area contributed by atoms with E-state index in [0.717, 1.165) is 50.1 Å². The van der Waals surface area contributed by atoms with Gasteiger partial charge in [0.05, 0.1) is 39.9 Å². The summed E-state index contributed by atoms with van der Waals surface area (Å²) in [4.78, 5) is 0. The summed E-state index contributed by atoms with van der Waals surface area (Å²) < 4.78 is 21.8. The minimum absolute atomic E-state index is 0.123. The van der Waals surface area contributed by atoms with E-state index in [9.17, 15) is 5.26 Å². The van der Waals surface area contributed by atoms with E-state index in [1.165, 1.54) is 5.56 Å². The number of nitriles is 1. The van der Waals surface area contributed by atoms with Crippen LogP contribution >= 0.6 is 0 Å². The number of aryl methyl sites for hydroxylation is 1. The first-order valence-corrected chi connectivity index (χ1v) is 11.5. The van der Waals surface area contributed by atoms with E-state index in [1.807, 2.05) is 24.3 Å². The maximum atomic E-state index is 10.3. The van der Waals surface area contributed by atoms with Crippen LogP contribution in [-0.2, 0) is 11.8 Å². The fourth-order valence-electron chi connectivity index (χ4n) is 4.22. The topological polar surface area (TPSA) is 72.7 Å². The van der Waals surface area contributed by atoms with Gasteiger partial charge in [-0.25, -0.2) is 0 Å². The molecular weight excluding hydrogens is 416 g/mol. The third-order valence-electron chi connectivity index (χ3n) is 6.24. The van der Waals surface area contributed by atoms with E-state index >= 15 is 0 Å². The Labute approximate surface area is 198 Å². The van der Waals surface area contributed by atoms with Gasteiger partial charge in [0.1, 0.15) is 5.75 Å². The molecule has 0 saturated carbocycles. The molecule has 0 aliphatic heterocycles. The summed E-state index contributed by atoms with van der Waals surface area (Å²) in [6.45, 7) is 5.98. The van der Waals surface area contributed by atoms with Crippen molar-refractivity contribution in [3.63, 3.8) is 0 Å². The lowest BCUT2D eigenvalue weighted by atomic mass is 9.69. The van der Waals surface area contributed by atoms with E-state index in [-0.39, 0.29) is 5.92 Å². The van der Waals surface area contributed by atoms with Gasteiger partial charge in [0.15, 0.2) is 11.5 Å². The number of nitrogens with one attached hydrogen (secondary N) is 1. The van der Waals surface area contributed by atoms with E-state index in [2.05, 4.69) is 37.4 Å². The lowest BCUT2D eigenvalue weighted by Gasteiger charge is -2.32. The summed E-state index contributed by atoms with van der Waals surface area (Å²) >= 11 is 0. The van der Waals surface area contributed by atoms with Crippen LogP contribution in [0.4, 0.5) is 0 Å². The van der Waals surface area contributed by atoms with Crippen LogP contribution in [0.5, 0.6) is 23.0 Å². The van der Waals surface area contributed by atoms with Crippen molar-refractivity contribution in [2.75, 3.05) is 41.5 Å². The van der Waals surface area contributed by atoms with Crippen LogP contribution < -0.4 is 24.3 Å². The number of nitrogens with zero attached hydrogens (tertiary/aromatic N) is 1. The molecule has 33 heavy (non-hydrogen) atoms. The van der Waals surface area contributed by atoms with Crippen molar-refractivity contribution >= 4 is 0 Å². The zero-order valence-corrected chi connectivity index (χ0v) is 20.9. The summed E-state index contributed by atoms with van der Waals surface area (Å²) in [5.41, 5.74) is 1.53. The fourth-order valence-corrected chi connectivity index (χ4v) is 4.22. The molecule has 1 atom stereocenters. The number of ether oxygens (including phenoxy) is 4. The van der Waals surface area contributed by atoms with Crippen LogP contribution in [0.3, 0.4) is 0 Å². The third-order valence-corrected chi connectivity index (χ3v) is 6.24. The highest BCUT2D eigenvalue weighted by Crippen LogP contribution is 2.45. The van der Waals surface area contributed by atoms with Gasteiger partial charge >= 0.3 is 0 Å². The number of hydrogen-bond donors (Lipinski definition) is 1. The summed E-state index contributed by atoms with van der Waals surface area (Å²) in [6, 6.07) is 14.6. The molecule has 6 heteroatoms. The van der Waals surface area contributed by atoms with E-state index < -0.39 is 5.41 Å². The van der Waals surface area contributed by atoms with E-state index in [0.29, 0.717) is 17.2 Å². The van der Waals surface area contributed by atoms with Crippen molar-refractivity contribution in [1.29, 1.82) is 5.26 Å². The quantitative estimate of drug-likeness (QED) is 0.399. The fraction of sp³-hybridized carbons (Fsp3) is 0.519. The smallest absolute Gasteiger partial charge is 0.203 e. The molecule has 6 nitrogen and oxygen atoms in total. The Kier molecular flexibility index (Phi) is 10.3. The van der Waals surface area contributed by atoms with Gasteiger partial charge in [0.2, 0.25) is 5.75 Å². The molecule has 1 N–H and O–H groups in total. The summed E-state index contributed by atoms with van der Waals surface area (Å²) in [7, 11) is 6.47. The normalized spacial score (nSPS) is 12.7. The van der Waals surface area contributed by atoms with Crippen LogP contribution in [0.2, 0.25) is 0 Å². The summed E-state index contributed by atoms with van der Waals surface area (Å²) in [6.07, 6.45) is 3.68. The molecule has 0 saturated heterocycles. The van der Waals surface area contributed by atoms with Crippen molar-refractivity contribution < 1.29 is 18.9 Å². The van der Waals surface area contributed by atoms with Crippen molar-refractivity contribution in [1.82, 2.24) is 5.32 Å². The summed E-state index contributed by atoms with van der Waals surface area (Å²) in [5, 5.41) is 13.8. The van der Waals surface area contributed by atoms with Crippen LogP contribution in [0.1, 0.15) is 44.2 Å². The van der Waals surface area contributed by atoms with Gasteiger partial charge in [-0.3, -0.25) is 0 Å². The molecule has 2 aromatic rings. The standard InChI is InChI=1S/C27H38N2O4/c1-20(2)27(19-28,22-17-24(31-4)26(33-6)25(18-22)32-5)13-9-15-29-14-8-11-21-10-7-12-23(16-21)30-3/h7,10,12,16-18,20,29H,8-9,11,13-15H2,1-6H3.